The molecule has 0 heterocycles. The second kappa shape index (κ2) is 6.52. The molecule has 0 unspecified atom stereocenters. The van der Waals surface area contributed by atoms with Crippen molar-refractivity contribution in [2.45, 2.75) is 0 Å². The highest BCUT2D eigenvalue weighted by molar-refractivity contribution is 7.79. The van der Waals surface area contributed by atoms with Crippen molar-refractivity contribution in [3.05, 3.63) is 97.1 Å². The van der Waals surface area contributed by atoms with Gasteiger partial charge in [0, 0.05) is 0 Å². The van der Waals surface area contributed by atoms with Gasteiger partial charge in [0.05, 0.1) is 7.92 Å². The second-order valence-electron chi connectivity index (χ2n) is 4.93. The predicted molar refractivity (Wildman–Crippen MR) is 96.6 cm³/mol. The van der Waals surface area contributed by atoms with E-state index in [0.717, 1.165) is 0 Å². The molecule has 0 fully saturated rings. The van der Waals surface area contributed by atoms with Gasteiger partial charge in [0.25, 0.3) is 0 Å². The third kappa shape index (κ3) is 3.12. The van der Waals surface area contributed by atoms with E-state index < -0.39 is 7.92 Å². The van der Waals surface area contributed by atoms with Crippen molar-refractivity contribution in [3.63, 3.8) is 0 Å². The SMILES string of the molecule is C=Cc1ccc([PH+](c2ccccc2)c2ccccc2)cc1. The Bertz CT molecular complexity index is 660. The highest BCUT2D eigenvalue weighted by atomic mass is 31.1. The van der Waals surface area contributed by atoms with E-state index in [0.29, 0.717) is 0 Å². The van der Waals surface area contributed by atoms with Crippen LogP contribution in [-0.2, 0) is 0 Å². The van der Waals surface area contributed by atoms with E-state index in [9.17, 15) is 0 Å². The third-order valence-electron chi connectivity index (χ3n) is 3.56. The Morgan fingerprint density at radius 1 is 0.571 bits per heavy atom. The topological polar surface area (TPSA) is 0 Å². The van der Waals surface area contributed by atoms with Crippen LogP contribution in [0.2, 0.25) is 0 Å². The summed E-state index contributed by atoms with van der Waals surface area (Å²) in [5.74, 6) is 0. The summed E-state index contributed by atoms with van der Waals surface area (Å²) >= 11 is 0. The molecule has 3 rings (SSSR count). The predicted octanol–water partition coefficient (Wildman–Crippen LogP) is 3.82. The smallest absolute Gasteiger partial charge is 0.0985 e. The minimum Gasteiger partial charge on any atom is -0.0985 e. The molecule has 0 saturated carbocycles. The average Bonchev–Trinajstić information content (AvgIpc) is 2.58. The Hall–Kier alpha value is -2.17. The van der Waals surface area contributed by atoms with Crippen LogP contribution in [0, 0.1) is 0 Å². The van der Waals surface area contributed by atoms with Crippen LogP contribution >= 0.6 is 7.92 Å². The Morgan fingerprint density at radius 2 is 1.00 bits per heavy atom. The van der Waals surface area contributed by atoms with Crippen LogP contribution in [-0.4, -0.2) is 0 Å². The van der Waals surface area contributed by atoms with Gasteiger partial charge in [0.1, 0.15) is 15.9 Å². The number of hydrogen-bond donors (Lipinski definition) is 0. The molecular weight excluding hydrogens is 271 g/mol. The van der Waals surface area contributed by atoms with Crippen molar-refractivity contribution < 1.29 is 0 Å². The molecule has 3 aromatic rings. The van der Waals surface area contributed by atoms with Crippen molar-refractivity contribution in [1.29, 1.82) is 0 Å². The van der Waals surface area contributed by atoms with Crippen LogP contribution in [0.5, 0.6) is 0 Å². The van der Waals surface area contributed by atoms with Gasteiger partial charge in [-0.2, -0.15) is 0 Å². The molecule has 21 heavy (non-hydrogen) atoms. The molecule has 102 valence electrons. The first-order valence-electron chi connectivity index (χ1n) is 7.09. The summed E-state index contributed by atoms with van der Waals surface area (Å²) in [6, 6.07) is 30.4. The van der Waals surface area contributed by atoms with Gasteiger partial charge >= 0.3 is 0 Å². The van der Waals surface area contributed by atoms with Crippen LogP contribution in [0.3, 0.4) is 0 Å². The Kier molecular flexibility index (Phi) is 4.28. The van der Waals surface area contributed by atoms with Gasteiger partial charge in [0.2, 0.25) is 0 Å². The van der Waals surface area contributed by atoms with E-state index >= 15 is 0 Å². The fourth-order valence-electron chi connectivity index (χ4n) is 2.50. The zero-order valence-corrected chi connectivity index (χ0v) is 12.9. The maximum Gasteiger partial charge on any atom is 0.102 e. The zero-order valence-electron chi connectivity index (χ0n) is 11.9. The van der Waals surface area contributed by atoms with E-state index in [2.05, 4.69) is 91.5 Å². The van der Waals surface area contributed by atoms with Gasteiger partial charge in [-0.05, 0) is 42.0 Å². The van der Waals surface area contributed by atoms with Crippen molar-refractivity contribution in [1.82, 2.24) is 0 Å². The Morgan fingerprint density at radius 3 is 1.43 bits per heavy atom. The summed E-state index contributed by atoms with van der Waals surface area (Å²) in [5.41, 5.74) is 1.17. The molecule has 1 heteroatoms. The maximum atomic E-state index is 3.83. The lowest BCUT2D eigenvalue weighted by molar-refractivity contribution is 1.70. The van der Waals surface area contributed by atoms with Crippen molar-refractivity contribution in [2.24, 2.45) is 0 Å². The van der Waals surface area contributed by atoms with E-state index in [1.165, 1.54) is 21.5 Å². The molecule has 0 aliphatic carbocycles. The number of rotatable bonds is 4. The van der Waals surface area contributed by atoms with Gasteiger partial charge in [-0.15, -0.1) is 0 Å². The first-order valence-corrected chi connectivity index (χ1v) is 8.59. The quantitative estimate of drug-likeness (QED) is 0.641. The van der Waals surface area contributed by atoms with E-state index in [1.54, 1.807) is 0 Å². The van der Waals surface area contributed by atoms with Gasteiger partial charge in [-0.25, -0.2) is 0 Å². The molecule has 0 aromatic heterocycles. The standard InChI is InChI=1S/C20H17P/c1-2-17-13-15-20(16-14-17)21(18-9-5-3-6-10-18)19-11-7-4-8-12-19/h2-16H,1H2/p+1. The second-order valence-corrected chi connectivity index (χ2v) is 7.42. The number of benzene rings is 3. The molecular formula is C20H18P+. The monoisotopic (exact) mass is 289 g/mol. The Labute approximate surface area is 127 Å². The van der Waals surface area contributed by atoms with Gasteiger partial charge in [-0.1, -0.05) is 61.2 Å². The van der Waals surface area contributed by atoms with Crippen molar-refractivity contribution >= 4 is 29.9 Å². The van der Waals surface area contributed by atoms with Gasteiger partial charge < -0.3 is 0 Å². The fourth-order valence-corrected chi connectivity index (χ4v) is 5.05. The first kappa shape index (κ1) is 13.8. The molecule has 0 saturated heterocycles. The van der Waals surface area contributed by atoms with E-state index in [1.807, 2.05) is 6.08 Å². The van der Waals surface area contributed by atoms with E-state index in [4.69, 9.17) is 0 Å². The van der Waals surface area contributed by atoms with Crippen LogP contribution in [0.1, 0.15) is 5.56 Å². The molecule has 0 atom stereocenters. The lowest BCUT2D eigenvalue weighted by atomic mass is 10.2. The summed E-state index contributed by atoms with van der Waals surface area (Å²) in [7, 11) is -0.936. The first-order chi connectivity index (χ1) is 10.4. The summed E-state index contributed by atoms with van der Waals surface area (Å²) < 4.78 is 0. The molecule has 0 nitrogen and oxygen atoms in total. The fraction of sp³-hybridized carbons (Fsp3) is 0. The van der Waals surface area contributed by atoms with Crippen LogP contribution in [0.4, 0.5) is 0 Å². The highest BCUT2D eigenvalue weighted by Gasteiger charge is 2.24. The summed E-state index contributed by atoms with van der Waals surface area (Å²) in [6.45, 7) is 3.83. The summed E-state index contributed by atoms with van der Waals surface area (Å²) in [6.07, 6.45) is 1.89. The Balaban J connectivity index is 2.09. The van der Waals surface area contributed by atoms with Gasteiger partial charge in [0.15, 0.2) is 0 Å². The molecule has 0 aliphatic rings. The molecule has 0 spiro atoms. The molecule has 0 N–H and O–H groups in total. The molecule has 0 bridgehead atoms. The summed E-state index contributed by atoms with van der Waals surface area (Å²) in [4.78, 5) is 0. The van der Waals surface area contributed by atoms with Crippen LogP contribution in [0.15, 0.2) is 91.5 Å². The maximum absolute atomic E-state index is 3.83. The average molecular weight is 289 g/mol. The van der Waals surface area contributed by atoms with E-state index in [-0.39, 0.29) is 0 Å². The zero-order chi connectivity index (χ0) is 14.5. The molecule has 0 radical (unpaired) electrons. The lowest BCUT2D eigenvalue weighted by Gasteiger charge is -2.10. The minimum atomic E-state index is -0.936. The molecule has 0 aliphatic heterocycles. The van der Waals surface area contributed by atoms with Crippen molar-refractivity contribution in [2.75, 3.05) is 0 Å². The minimum absolute atomic E-state index is 0.936. The number of hydrogen-bond acceptors (Lipinski definition) is 0. The lowest BCUT2D eigenvalue weighted by Crippen LogP contribution is -2.20. The third-order valence-corrected chi connectivity index (χ3v) is 6.29. The highest BCUT2D eigenvalue weighted by Crippen LogP contribution is 2.32. The van der Waals surface area contributed by atoms with Crippen molar-refractivity contribution in [3.8, 4) is 0 Å². The van der Waals surface area contributed by atoms with Crippen LogP contribution in [0.25, 0.3) is 6.08 Å². The molecule has 3 aromatic carbocycles. The van der Waals surface area contributed by atoms with Crippen LogP contribution < -0.4 is 15.9 Å². The largest absolute Gasteiger partial charge is 0.102 e. The normalized spacial score (nSPS) is 10.5. The molecule has 0 amide bonds. The summed E-state index contributed by atoms with van der Waals surface area (Å²) in [5, 5.41) is 4.24. The van der Waals surface area contributed by atoms with Gasteiger partial charge in [-0.3, -0.25) is 0 Å².